The van der Waals surface area contributed by atoms with E-state index in [0.717, 1.165) is 18.9 Å². The first kappa shape index (κ1) is 16.3. The summed E-state index contributed by atoms with van der Waals surface area (Å²) in [4.78, 5) is 15.8. The number of carbonyl (C=O) groups is 1. The fraction of sp³-hybridized carbons (Fsp3) is 0.588. The highest BCUT2D eigenvalue weighted by molar-refractivity contribution is 5.85. The number of alkyl halides is 1. The second-order valence-electron chi connectivity index (χ2n) is 6.48. The number of hydrogen-bond donors (Lipinski definition) is 0. The molecule has 2 aliphatic rings. The van der Waals surface area contributed by atoms with Crippen LogP contribution in [0.3, 0.4) is 0 Å². The van der Waals surface area contributed by atoms with Crippen molar-refractivity contribution in [2.75, 3.05) is 26.2 Å². The van der Waals surface area contributed by atoms with Gasteiger partial charge in [0.2, 0.25) is 0 Å². The molecule has 2 aliphatic heterocycles. The molecular weight excluding hydrogens is 305 g/mol. The second kappa shape index (κ2) is 6.51. The molecule has 23 heavy (non-hydrogen) atoms. The van der Waals surface area contributed by atoms with Crippen LogP contribution in [0.25, 0.3) is 0 Å². The minimum atomic E-state index is -1.79. The summed E-state index contributed by atoms with van der Waals surface area (Å²) in [5.74, 6) is -1.58. The van der Waals surface area contributed by atoms with Crippen molar-refractivity contribution >= 4 is 5.91 Å². The molecule has 1 aromatic rings. The first-order valence-electron chi connectivity index (χ1n) is 8.12. The van der Waals surface area contributed by atoms with Crippen molar-refractivity contribution in [1.29, 1.82) is 0 Å². The van der Waals surface area contributed by atoms with Crippen LogP contribution in [0.2, 0.25) is 0 Å². The van der Waals surface area contributed by atoms with Crippen molar-refractivity contribution < 1.29 is 18.0 Å². The molecule has 0 aliphatic carbocycles. The largest absolute Gasteiger partial charge is 0.340 e. The van der Waals surface area contributed by atoms with Gasteiger partial charge in [0.05, 0.1) is 0 Å². The van der Waals surface area contributed by atoms with E-state index in [1.54, 1.807) is 4.90 Å². The second-order valence-corrected chi connectivity index (χ2v) is 6.48. The average Bonchev–Trinajstić information content (AvgIpc) is 3.06. The highest BCUT2D eigenvalue weighted by Gasteiger charge is 2.44. The van der Waals surface area contributed by atoms with Gasteiger partial charge < -0.3 is 4.90 Å². The lowest BCUT2D eigenvalue weighted by Crippen LogP contribution is -2.51. The molecule has 1 amide bonds. The van der Waals surface area contributed by atoms with E-state index in [2.05, 4.69) is 0 Å². The number of carbonyl (C=O) groups excluding carboxylic acids is 1. The maximum absolute atomic E-state index is 14.9. The normalized spacial score (nSPS) is 21.6. The molecule has 3 nitrogen and oxygen atoms in total. The third kappa shape index (κ3) is 3.52. The van der Waals surface area contributed by atoms with E-state index in [0.29, 0.717) is 38.3 Å². The van der Waals surface area contributed by atoms with Gasteiger partial charge in [-0.2, -0.15) is 0 Å². The summed E-state index contributed by atoms with van der Waals surface area (Å²) in [7, 11) is 0. The van der Waals surface area contributed by atoms with Crippen molar-refractivity contribution in [2.45, 2.75) is 37.9 Å². The predicted molar refractivity (Wildman–Crippen MR) is 80.5 cm³/mol. The Balaban J connectivity index is 1.58. The van der Waals surface area contributed by atoms with Crippen LogP contribution in [-0.2, 0) is 11.3 Å². The number of nitrogens with zero attached hydrogens (tertiary/aromatic N) is 2. The Labute approximate surface area is 134 Å². The topological polar surface area (TPSA) is 23.6 Å². The molecule has 0 spiro atoms. The lowest BCUT2D eigenvalue weighted by atomic mass is 9.91. The Morgan fingerprint density at radius 3 is 2.35 bits per heavy atom. The van der Waals surface area contributed by atoms with Crippen molar-refractivity contribution in [1.82, 2.24) is 9.80 Å². The highest BCUT2D eigenvalue weighted by atomic mass is 19.1. The van der Waals surface area contributed by atoms with Gasteiger partial charge in [0.1, 0.15) is 11.6 Å². The molecule has 1 aromatic carbocycles. The zero-order chi connectivity index (χ0) is 16.4. The zero-order valence-corrected chi connectivity index (χ0v) is 13.0. The Morgan fingerprint density at radius 1 is 1.09 bits per heavy atom. The van der Waals surface area contributed by atoms with Crippen molar-refractivity contribution in [3.8, 4) is 0 Å². The third-order valence-electron chi connectivity index (χ3n) is 4.83. The number of hydrogen-bond acceptors (Lipinski definition) is 2. The maximum Gasteiger partial charge on any atom is 0.260 e. The Morgan fingerprint density at radius 2 is 1.74 bits per heavy atom. The van der Waals surface area contributed by atoms with Gasteiger partial charge in [-0.25, -0.2) is 13.2 Å². The third-order valence-corrected chi connectivity index (χ3v) is 4.83. The summed E-state index contributed by atoms with van der Waals surface area (Å²) in [6, 6.07) is 3.49. The molecule has 0 atom stereocenters. The fourth-order valence-electron chi connectivity index (χ4n) is 3.37. The first-order chi connectivity index (χ1) is 11.0. The Hall–Kier alpha value is -1.56. The summed E-state index contributed by atoms with van der Waals surface area (Å²) in [6.45, 7) is 2.39. The minimum absolute atomic E-state index is 0.130. The Bertz CT molecular complexity index is 579. The van der Waals surface area contributed by atoms with Crippen LogP contribution in [0.1, 0.15) is 31.2 Å². The van der Waals surface area contributed by atoms with Gasteiger partial charge in [0.25, 0.3) is 5.91 Å². The van der Waals surface area contributed by atoms with E-state index in [4.69, 9.17) is 0 Å². The van der Waals surface area contributed by atoms with Crippen LogP contribution in [0.4, 0.5) is 13.2 Å². The molecular formula is C17H21F3N2O. The first-order valence-corrected chi connectivity index (χ1v) is 8.12. The monoisotopic (exact) mass is 326 g/mol. The van der Waals surface area contributed by atoms with Crippen LogP contribution in [0.15, 0.2) is 18.2 Å². The molecule has 0 aromatic heterocycles. The van der Waals surface area contributed by atoms with E-state index in [-0.39, 0.29) is 18.7 Å². The minimum Gasteiger partial charge on any atom is -0.340 e. The molecule has 0 unspecified atom stereocenters. The molecule has 6 heteroatoms. The number of likely N-dealkylation sites (tertiary alicyclic amines) is 2. The van der Waals surface area contributed by atoms with Crippen LogP contribution >= 0.6 is 0 Å². The molecule has 2 fully saturated rings. The van der Waals surface area contributed by atoms with Crippen LogP contribution in [0, 0.1) is 11.6 Å². The van der Waals surface area contributed by atoms with Gasteiger partial charge in [-0.1, -0.05) is 6.07 Å². The molecule has 0 radical (unpaired) electrons. The van der Waals surface area contributed by atoms with Crippen molar-refractivity contribution in [2.24, 2.45) is 0 Å². The van der Waals surface area contributed by atoms with E-state index in [1.807, 2.05) is 4.90 Å². The van der Waals surface area contributed by atoms with Crippen molar-refractivity contribution in [3.05, 3.63) is 35.4 Å². The van der Waals surface area contributed by atoms with E-state index in [9.17, 15) is 18.0 Å². The van der Waals surface area contributed by atoms with Crippen LogP contribution < -0.4 is 0 Å². The predicted octanol–water partition coefficient (Wildman–Crippen LogP) is 2.89. The number of amides is 1. The van der Waals surface area contributed by atoms with Gasteiger partial charge in [-0.15, -0.1) is 0 Å². The quantitative estimate of drug-likeness (QED) is 0.853. The average molecular weight is 326 g/mol. The maximum atomic E-state index is 14.9. The fourth-order valence-corrected chi connectivity index (χ4v) is 3.37. The molecule has 0 N–H and O–H groups in total. The van der Waals surface area contributed by atoms with Gasteiger partial charge in [0.15, 0.2) is 5.67 Å². The van der Waals surface area contributed by atoms with E-state index < -0.39 is 17.3 Å². The van der Waals surface area contributed by atoms with Gasteiger partial charge in [-0.05, 0) is 18.9 Å². The SMILES string of the molecule is O=C(N1CCCC1)C1(F)CCN(Cc2ccc(F)cc2F)CC1. The smallest absolute Gasteiger partial charge is 0.260 e. The summed E-state index contributed by atoms with van der Waals surface area (Å²) >= 11 is 0. The zero-order valence-electron chi connectivity index (χ0n) is 13.0. The van der Waals surface area contributed by atoms with Crippen LogP contribution in [-0.4, -0.2) is 47.6 Å². The van der Waals surface area contributed by atoms with Gasteiger partial charge in [-0.3, -0.25) is 9.69 Å². The molecule has 126 valence electrons. The number of halogens is 3. The van der Waals surface area contributed by atoms with E-state index in [1.165, 1.54) is 12.1 Å². The molecule has 0 saturated carbocycles. The number of rotatable bonds is 3. The number of benzene rings is 1. The number of piperidine rings is 1. The molecule has 0 bridgehead atoms. The molecule has 2 saturated heterocycles. The van der Waals surface area contributed by atoms with Crippen molar-refractivity contribution in [3.63, 3.8) is 0 Å². The summed E-state index contributed by atoms with van der Waals surface area (Å²) in [5, 5.41) is 0. The van der Waals surface area contributed by atoms with Gasteiger partial charge in [0, 0.05) is 57.2 Å². The summed E-state index contributed by atoms with van der Waals surface area (Å²) in [5.41, 5.74) is -1.40. The van der Waals surface area contributed by atoms with E-state index >= 15 is 0 Å². The highest BCUT2D eigenvalue weighted by Crippen LogP contribution is 2.31. The summed E-state index contributed by atoms with van der Waals surface area (Å²) < 4.78 is 41.5. The standard InChI is InChI=1S/C17H21F3N2O/c18-14-4-3-13(15(19)11-14)12-21-9-5-17(20,6-10-21)16(23)22-7-1-2-8-22/h3-4,11H,1-2,5-10,12H2. The Kier molecular flexibility index (Phi) is 4.62. The summed E-state index contributed by atoms with van der Waals surface area (Å²) in [6.07, 6.45) is 2.14. The molecule has 3 rings (SSSR count). The lowest BCUT2D eigenvalue weighted by Gasteiger charge is -2.37. The van der Waals surface area contributed by atoms with Crippen LogP contribution in [0.5, 0.6) is 0 Å². The lowest BCUT2D eigenvalue weighted by molar-refractivity contribution is -0.146. The van der Waals surface area contributed by atoms with Gasteiger partial charge >= 0.3 is 0 Å². The molecule has 2 heterocycles.